The van der Waals surface area contributed by atoms with E-state index in [-0.39, 0.29) is 13.0 Å². The van der Waals surface area contributed by atoms with Crippen molar-refractivity contribution in [1.82, 2.24) is 10.2 Å². The lowest BCUT2D eigenvalue weighted by Crippen LogP contribution is -2.35. The summed E-state index contributed by atoms with van der Waals surface area (Å²) in [6.07, 6.45) is -0.134. The zero-order chi connectivity index (χ0) is 18.7. The first kappa shape index (κ1) is 17.3. The molecule has 0 fully saturated rings. The van der Waals surface area contributed by atoms with Crippen LogP contribution in [0, 0.1) is 17.1 Å². The van der Waals surface area contributed by atoms with E-state index >= 15 is 0 Å². The van der Waals surface area contributed by atoms with E-state index in [4.69, 9.17) is 0 Å². The Morgan fingerprint density at radius 1 is 1.08 bits per heavy atom. The summed E-state index contributed by atoms with van der Waals surface area (Å²) in [6.45, 7) is -0.0836. The maximum Gasteiger partial charge on any atom is 0.261 e. The number of benzene rings is 2. The average molecular weight is 351 g/mol. The number of rotatable bonds is 5. The lowest BCUT2D eigenvalue weighted by Gasteiger charge is -2.15. The molecule has 0 bridgehead atoms. The Labute approximate surface area is 148 Å². The van der Waals surface area contributed by atoms with Gasteiger partial charge in [-0.25, -0.2) is 4.39 Å². The molecule has 1 N–H and O–H groups in total. The Bertz CT molecular complexity index is 883. The molecular weight excluding hydrogens is 337 g/mol. The van der Waals surface area contributed by atoms with Crippen molar-refractivity contribution in [3.63, 3.8) is 0 Å². The van der Waals surface area contributed by atoms with Crippen LogP contribution >= 0.6 is 0 Å². The Morgan fingerprint density at radius 3 is 2.19 bits per heavy atom. The van der Waals surface area contributed by atoms with Gasteiger partial charge >= 0.3 is 0 Å². The first-order chi connectivity index (χ1) is 12.5. The van der Waals surface area contributed by atoms with Gasteiger partial charge in [-0.2, -0.15) is 5.26 Å². The monoisotopic (exact) mass is 351 g/mol. The van der Waals surface area contributed by atoms with Gasteiger partial charge in [0.1, 0.15) is 11.9 Å². The molecule has 0 saturated carbocycles. The Morgan fingerprint density at radius 2 is 1.65 bits per heavy atom. The van der Waals surface area contributed by atoms with Crippen LogP contribution in [0.25, 0.3) is 0 Å². The molecule has 2 aromatic rings. The molecule has 0 unspecified atom stereocenters. The molecule has 3 amide bonds. The second kappa shape index (κ2) is 7.15. The van der Waals surface area contributed by atoms with Gasteiger partial charge in [0.05, 0.1) is 17.2 Å². The zero-order valence-corrected chi connectivity index (χ0v) is 13.6. The molecule has 1 atom stereocenters. The molecule has 2 aromatic carbocycles. The molecule has 26 heavy (non-hydrogen) atoms. The molecule has 0 aliphatic carbocycles. The second-order valence-corrected chi connectivity index (χ2v) is 5.74. The van der Waals surface area contributed by atoms with Crippen LogP contribution in [-0.4, -0.2) is 29.2 Å². The molecule has 130 valence electrons. The molecular formula is C19H14FN3O3. The topological polar surface area (TPSA) is 90.3 Å². The van der Waals surface area contributed by atoms with E-state index in [9.17, 15) is 24.0 Å². The van der Waals surface area contributed by atoms with Crippen molar-refractivity contribution >= 4 is 17.7 Å². The largest absolute Gasteiger partial charge is 0.337 e. The van der Waals surface area contributed by atoms with Crippen LogP contribution in [0.2, 0.25) is 0 Å². The van der Waals surface area contributed by atoms with Crippen molar-refractivity contribution in [2.24, 2.45) is 0 Å². The molecule has 0 saturated heterocycles. The van der Waals surface area contributed by atoms with E-state index in [1.54, 1.807) is 24.3 Å². The van der Waals surface area contributed by atoms with Crippen LogP contribution in [0.15, 0.2) is 48.5 Å². The Balaban J connectivity index is 1.61. The third-order valence-corrected chi connectivity index (χ3v) is 4.08. The molecule has 1 aliphatic rings. The lowest BCUT2D eigenvalue weighted by molar-refractivity contribution is -0.121. The zero-order valence-electron chi connectivity index (χ0n) is 13.6. The number of amides is 3. The molecule has 6 nitrogen and oxygen atoms in total. The number of nitrogens with zero attached hydrogens (tertiary/aromatic N) is 2. The third kappa shape index (κ3) is 3.30. The van der Waals surface area contributed by atoms with Crippen molar-refractivity contribution in [1.29, 1.82) is 5.26 Å². The summed E-state index contributed by atoms with van der Waals surface area (Å²) < 4.78 is 13.0. The fourth-order valence-corrected chi connectivity index (χ4v) is 2.73. The second-order valence-electron chi connectivity index (χ2n) is 5.74. The Kier molecular flexibility index (Phi) is 4.76. The predicted molar refractivity (Wildman–Crippen MR) is 89.3 cm³/mol. The van der Waals surface area contributed by atoms with E-state index in [0.717, 1.165) is 4.90 Å². The van der Waals surface area contributed by atoms with Crippen LogP contribution < -0.4 is 5.32 Å². The van der Waals surface area contributed by atoms with Crippen LogP contribution in [0.5, 0.6) is 0 Å². The van der Waals surface area contributed by atoms with Gasteiger partial charge < -0.3 is 5.32 Å². The minimum Gasteiger partial charge on any atom is -0.337 e. The third-order valence-electron chi connectivity index (χ3n) is 4.08. The Hall–Kier alpha value is -3.53. The minimum absolute atomic E-state index is 0.0836. The molecule has 1 aliphatic heterocycles. The maximum atomic E-state index is 13.0. The van der Waals surface area contributed by atoms with Gasteiger partial charge in [-0.3, -0.25) is 19.3 Å². The van der Waals surface area contributed by atoms with Gasteiger partial charge in [0.15, 0.2) is 0 Å². The van der Waals surface area contributed by atoms with Crippen LogP contribution in [0.1, 0.15) is 38.7 Å². The van der Waals surface area contributed by atoms with Gasteiger partial charge in [-0.1, -0.05) is 24.3 Å². The number of imide groups is 1. The van der Waals surface area contributed by atoms with Gasteiger partial charge in [-0.05, 0) is 29.8 Å². The molecule has 0 radical (unpaired) electrons. The van der Waals surface area contributed by atoms with Gasteiger partial charge in [0, 0.05) is 13.0 Å². The molecule has 0 aromatic heterocycles. The highest BCUT2D eigenvalue weighted by Crippen LogP contribution is 2.22. The van der Waals surface area contributed by atoms with Crippen molar-refractivity contribution in [3.8, 4) is 6.07 Å². The summed E-state index contributed by atoms with van der Waals surface area (Å²) in [7, 11) is 0. The van der Waals surface area contributed by atoms with Crippen molar-refractivity contribution in [3.05, 3.63) is 71.0 Å². The van der Waals surface area contributed by atoms with Crippen molar-refractivity contribution in [2.75, 3.05) is 6.54 Å². The molecule has 3 rings (SSSR count). The number of hydrogen-bond donors (Lipinski definition) is 1. The van der Waals surface area contributed by atoms with Gasteiger partial charge in [0.25, 0.3) is 11.8 Å². The van der Waals surface area contributed by atoms with Crippen LogP contribution in [0.3, 0.4) is 0 Å². The summed E-state index contributed by atoms with van der Waals surface area (Å²) in [5, 5.41) is 11.7. The molecule has 7 heteroatoms. The number of fused-ring (bicyclic) bond motifs is 1. The smallest absolute Gasteiger partial charge is 0.261 e. The van der Waals surface area contributed by atoms with E-state index in [2.05, 4.69) is 5.32 Å². The number of carbonyl (C=O) groups excluding carboxylic acids is 3. The lowest BCUT2D eigenvalue weighted by atomic mass is 10.1. The summed E-state index contributed by atoms with van der Waals surface area (Å²) in [5.74, 6) is -1.80. The number of halogens is 1. The summed E-state index contributed by atoms with van der Waals surface area (Å²) >= 11 is 0. The highest BCUT2D eigenvalue weighted by Gasteiger charge is 2.35. The minimum atomic E-state index is -0.940. The normalized spacial score (nSPS) is 13.9. The highest BCUT2D eigenvalue weighted by atomic mass is 19.1. The number of carbonyl (C=O) groups is 3. The van der Waals surface area contributed by atoms with Crippen molar-refractivity contribution < 1.29 is 18.8 Å². The fraction of sp³-hybridized carbons (Fsp3) is 0.158. The van der Waals surface area contributed by atoms with Crippen LogP contribution in [0.4, 0.5) is 4.39 Å². The summed E-state index contributed by atoms with van der Waals surface area (Å²) in [6, 6.07) is 12.7. The average Bonchev–Trinajstić information content (AvgIpc) is 2.90. The number of nitrogens with one attached hydrogen (secondary N) is 1. The highest BCUT2D eigenvalue weighted by molar-refractivity contribution is 6.21. The number of nitriles is 1. The van der Waals surface area contributed by atoms with E-state index in [0.29, 0.717) is 16.7 Å². The fourth-order valence-electron chi connectivity index (χ4n) is 2.73. The van der Waals surface area contributed by atoms with E-state index in [1.165, 1.54) is 24.3 Å². The maximum absolute atomic E-state index is 13.0. The van der Waals surface area contributed by atoms with Gasteiger partial charge in [0.2, 0.25) is 5.91 Å². The number of hydrogen-bond acceptors (Lipinski definition) is 4. The SMILES string of the molecule is N#C[C@H](NC(=O)CCN1C(=O)c2ccccc2C1=O)c1ccc(F)cc1. The molecule has 0 spiro atoms. The summed E-state index contributed by atoms with van der Waals surface area (Å²) in [5.41, 5.74) is 1.08. The predicted octanol–water partition coefficient (Wildman–Crippen LogP) is 2.19. The quantitative estimate of drug-likeness (QED) is 0.836. The standard InChI is InChI=1S/C19H14FN3O3/c20-13-7-5-12(6-8-13)16(11-21)22-17(24)9-10-23-18(25)14-3-1-2-4-15(14)19(23)26/h1-8,16H,9-10H2,(H,22,24)/t16-/m0/s1. The van der Waals surface area contributed by atoms with Crippen LogP contribution in [-0.2, 0) is 4.79 Å². The van der Waals surface area contributed by atoms with E-state index < -0.39 is 29.6 Å². The first-order valence-corrected chi connectivity index (χ1v) is 7.91. The summed E-state index contributed by atoms with van der Waals surface area (Å²) in [4.78, 5) is 37.6. The van der Waals surface area contributed by atoms with Crippen molar-refractivity contribution in [2.45, 2.75) is 12.5 Å². The molecule has 1 heterocycles. The van der Waals surface area contributed by atoms with E-state index in [1.807, 2.05) is 6.07 Å². The van der Waals surface area contributed by atoms with Gasteiger partial charge in [-0.15, -0.1) is 0 Å². The first-order valence-electron chi connectivity index (χ1n) is 7.91.